The summed E-state index contributed by atoms with van der Waals surface area (Å²) in [5.74, 6) is -1.61. The van der Waals surface area contributed by atoms with Gasteiger partial charge in [0, 0.05) is 0 Å². The molecule has 0 amide bonds. The molecule has 0 saturated carbocycles. The van der Waals surface area contributed by atoms with Crippen LogP contribution in [0.4, 0.5) is 14.5 Å². The zero-order valence-corrected chi connectivity index (χ0v) is 9.19. The Bertz CT molecular complexity index is 337. The fourth-order valence-corrected chi connectivity index (χ4v) is 1.82. The number of halogens is 2. The normalized spacial score (nSPS) is 12.8. The van der Waals surface area contributed by atoms with Gasteiger partial charge in [0.2, 0.25) is 0 Å². The average molecular weight is 213 g/mol. The van der Waals surface area contributed by atoms with E-state index in [2.05, 4.69) is 0 Å². The lowest BCUT2D eigenvalue weighted by Crippen LogP contribution is -2.04. The Morgan fingerprint density at radius 3 is 2.40 bits per heavy atom. The molecule has 1 rings (SSSR count). The summed E-state index contributed by atoms with van der Waals surface area (Å²) in [6.45, 7) is 4.02. The molecule has 1 unspecified atom stereocenters. The van der Waals surface area contributed by atoms with Crippen molar-refractivity contribution in [1.82, 2.24) is 0 Å². The lowest BCUT2D eigenvalue weighted by atomic mass is 9.91. The molecule has 1 aromatic carbocycles. The molecule has 0 bridgehead atoms. The maximum atomic E-state index is 13.6. The Labute approximate surface area is 89.3 Å². The second-order valence-corrected chi connectivity index (χ2v) is 3.77. The summed E-state index contributed by atoms with van der Waals surface area (Å²) in [4.78, 5) is 0. The summed E-state index contributed by atoms with van der Waals surface area (Å²) in [6, 6.07) is 3.03. The van der Waals surface area contributed by atoms with E-state index >= 15 is 0 Å². The average Bonchev–Trinajstić information content (AvgIpc) is 2.24. The highest BCUT2D eigenvalue weighted by Gasteiger charge is 2.17. The SMILES string of the molecule is CCCC(CC)c1ccc(N)c(F)c1F. The maximum absolute atomic E-state index is 13.6. The van der Waals surface area contributed by atoms with Gasteiger partial charge in [0.1, 0.15) is 0 Å². The zero-order valence-electron chi connectivity index (χ0n) is 9.19. The van der Waals surface area contributed by atoms with E-state index in [-0.39, 0.29) is 11.6 Å². The van der Waals surface area contributed by atoms with Crippen molar-refractivity contribution in [3.8, 4) is 0 Å². The van der Waals surface area contributed by atoms with Crippen LogP contribution in [0.2, 0.25) is 0 Å². The van der Waals surface area contributed by atoms with Crippen molar-refractivity contribution in [2.24, 2.45) is 0 Å². The molecule has 0 saturated heterocycles. The molecule has 0 spiro atoms. The van der Waals surface area contributed by atoms with E-state index in [9.17, 15) is 8.78 Å². The van der Waals surface area contributed by atoms with E-state index < -0.39 is 11.6 Å². The van der Waals surface area contributed by atoms with Crippen molar-refractivity contribution < 1.29 is 8.78 Å². The summed E-state index contributed by atoms with van der Waals surface area (Å²) < 4.78 is 26.8. The number of rotatable bonds is 4. The minimum Gasteiger partial charge on any atom is -0.396 e. The van der Waals surface area contributed by atoms with Crippen molar-refractivity contribution in [2.45, 2.75) is 39.0 Å². The summed E-state index contributed by atoms with van der Waals surface area (Å²) in [5.41, 5.74) is 5.62. The number of nitrogens with two attached hydrogens (primary N) is 1. The highest BCUT2D eigenvalue weighted by atomic mass is 19.2. The third-order valence-corrected chi connectivity index (χ3v) is 2.71. The van der Waals surface area contributed by atoms with Crippen molar-refractivity contribution in [3.63, 3.8) is 0 Å². The van der Waals surface area contributed by atoms with Crippen LogP contribution in [-0.2, 0) is 0 Å². The van der Waals surface area contributed by atoms with Gasteiger partial charge in [-0.15, -0.1) is 0 Å². The molecule has 1 atom stereocenters. The predicted molar refractivity (Wildman–Crippen MR) is 58.7 cm³/mol. The van der Waals surface area contributed by atoms with E-state index in [1.165, 1.54) is 6.07 Å². The molecule has 0 fully saturated rings. The summed E-state index contributed by atoms with van der Waals surface area (Å²) in [7, 11) is 0. The highest BCUT2D eigenvalue weighted by molar-refractivity contribution is 5.43. The largest absolute Gasteiger partial charge is 0.396 e. The van der Waals surface area contributed by atoms with Crippen LogP contribution in [0.1, 0.15) is 44.6 Å². The molecule has 0 aromatic heterocycles. The maximum Gasteiger partial charge on any atom is 0.181 e. The molecule has 1 nitrogen and oxygen atoms in total. The van der Waals surface area contributed by atoms with Crippen LogP contribution in [0.25, 0.3) is 0 Å². The van der Waals surface area contributed by atoms with E-state index in [1.807, 2.05) is 13.8 Å². The van der Waals surface area contributed by atoms with Crippen LogP contribution in [-0.4, -0.2) is 0 Å². The number of nitrogen functional groups attached to an aromatic ring is 1. The Balaban J connectivity index is 3.07. The van der Waals surface area contributed by atoms with Gasteiger partial charge in [-0.1, -0.05) is 26.3 Å². The number of hydrogen-bond donors (Lipinski definition) is 1. The van der Waals surface area contributed by atoms with Crippen LogP contribution in [0, 0.1) is 11.6 Å². The molecule has 0 heterocycles. The van der Waals surface area contributed by atoms with Crippen LogP contribution in [0.5, 0.6) is 0 Å². The quantitative estimate of drug-likeness (QED) is 0.755. The first-order chi connectivity index (χ1) is 7.11. The monoisotopic (exact) mass is 213 g/mol. The van der Waals surface area contributed by atoms with Crippen LogP contribution < -0.4 is 5.73 Å². The molecular formula is C12H17F2N. The van der Waals surface area contributed by atoms with Crippen molar-refractivity contribution in [1.29, 1.82) is 0 Å². The fraction of sp³-hybridized carbons (Fsp3) is 0.500. The standard InChI is InChI=1S/C12H17F2N/c1-3-5-8(4-2)9-6-7-10(15)12(14)11(9)13/h6-8H,3-5,15H2,1-2H3. The first-order valence-electron chi connectivity index (χ1n) is 5.35. The van der Waals surface area contributed by atoms with Gasteiger partial charge in [-0.05, 0) is 30.4 Å². The molecule has 0 aliphatic rings. The smallest absolute Gasteiger partial charge is 0.181 e. The first kappa shape index (κ1) is 12.0. The molecule has 2 N–H and O–H groups in total. The second kappa shape index (κ2) is 5.10. The third-order valence-electron chi connectivity index (χ3n) is 2.71. The number of benzene rings is 1. The van der Waals surface area contributed by atoms with Crippen molar-refractivity contribution in [2.75, 3.05) is 5.73 Å². The lowest BCUT2D eigenvalue weighted by Gasteiger charge is -2.15. The Kier molecular flexibility index (Phi) is 4.06. The van der Waals surface area contributed by atoms with Crippen LogP contribution in [0.3, 0.4) is 0 Å². The molecule has 0 radical (unpaired) electrons. The summed E-state index contributed by atoms with van der Waals surface area (Å²) >= 11 is 0. The Morgan fingerprint density at radius 2 is 1.87 bits per heavy atom. The van der Waals surface area contributed by atoms with Crippen LogP contribution in [0.15, 0.2) is 12.1 Å². The van der Waals surface area contributed by atoms with Crippen molar-refractivity contribution in [3.05, 3.63) is 29.3 Å². The topological polar surface area (TPSA) is 26.0 Å². The Morgan fingerprint density at radius 1 is 1.20 bits per heavy atom. The fourth-order valence-electron chi connectivity index (χ4n) is 1.82. The molecule has 0 aliphatic heterocycles. The highest BCUT2D eigenvalue weighted by Crippen LogP contribution is 2.29. The van der Waals surface area contributed by atoms with Gasteiger partial charge in [0.15, 0.2) is 11.6 Å². The second-order valence-electron chi connectivity index (χ2n) is 3.77. The minimum atomic E-state index is -0.915. The molecule has 3 heteroatoms. The number of hydrogen-bond acceptors (Lipinski definition) is 1. The van der Waals surface area contributed by atoms with Gasteiger partial charge < -0.3 is 5.73 Å². The zero-order chi connectivity index (χ0) is 11.4. The minimum absolute atomic E-state index is 0.0881. The predicted octanol–water partition coefficient (Wildman–Crippen LogP) is 3.84. The van der Waals surface area contributed by atoms with Gasteiger partial charge >= 0.3 is 0 Å². The van der Waals surface area contributed by atoms with Gasteiger partial charge in [-0.25, -0.2) is 8.78 Å². The summed E-state index contributed by atoms with van der Waals surface area (Å²) in [5, 5.41) is 0. The lowest BCUT2D eigenvalue weighted by molar-refractivity contribution is 0.479. The van der Waals surface area contributed by atoms with E-state index in [0.717, 1.165) is 19.3 Å². The van der Waals surface area contributed by atoms with E-state index in [4.69, 9.17) is 5.73 Å². The molecule has 15 heavy (non-hydrogen) atoms. The molecule has 1 aromatic rings. The third kappa shape index (κ3) is 2.46. The van der Waals surface area contributed by atoms with E-state index in [1.54, 1.807) is 6.07 Å². The van der Waals surface area contributed by atoms with Gasteiger partial charge in [-0.2, -0.15) is 0 Å². The molecular weight excluding hydrogens is 196 g/mol. The first-order valence-corrected chi connectivity index (χ1v) is 5.35. The van der Waals surface area contributed by atoms with Gasteiger partial charge in [0.25, 0.3) is 0 Å². The number of anilines is 1. The Hall–Kier alpha value is -1.12. The molecule has 84 valence electrons. The van der Waals surface area contributed by atoms with Crippen LogP contribution >= 0.6 is 0 Å². The van der Waals surface area contributed by atoms with Gasteiger partial charge in [-0.3, -0.25) is 0 Å². The molecule has 0 aliphatic carbocycles. The summed E-state index contributed by atoms with van der Waals surface area (Å²) in [6.07, 6.45) is 2.65. The van der Waals surface area contributed by atoms with E-state index in [0.29, 0.717) is 5.56 Å². The van der Waals surface area contributed by atoms with Gasteiger partial charge in [0.05, 0.1) is 5.69 Å². The van der Waals surface area contributed by atoms with Crippen molar-refractivity contribution >= 4 is 5.69 Å².